The number of carbonyl (C=O) groups is 2. The lowest BCUT2D eigenvalue weighted by Gasteiger charge is -2.19. The van der Waals surface area contributed by atoms with Crippen LogP contribution in [0.4, 0.5) is 5.69 Å². The molecular formula is C23H28N2O3. The van der Waals surface area contributed by atoms with E-state index in [9.17, 15) is 9.59 Å². The number of rotatable bonds is 8. The molecule has 0 heterocycles. The van der Waals surface area contributed by atoms with Gasteiger partial charge in [0, 0.05) is 12.2 Å². The third-order valence-corrected chi connectivity index (χ3v) is 5.47. The molecule has 2 N–H and O–H groups in total. The monoisotopic (exact) mass is 380 g/mol. The molecule has 0 unspecified atom stereocenters. The summed E-state index contributed by atoms with van der Waals surface area (Å²) in [6.45, 7) is 4.53. The van der Waals surface area contributed by atoms with Crippen molar-refractivity contribution in [3.05, 3.63) is 59.2 Å². The first kappa shape index (κ1) is 19.9. The molecule has 2 aromatic carbocycles. The number of methoxy groups -OCH3 is 1. The molecule has 1 aliphatic carbocycles. The molecule has 0 bridgehead atoms. The largest absolute Gasteiger partial charge is 0.497 e. The second-order valence-electron chi connectivity index (χ2n) is 7.23. The highest BCUT2D eigenvalue weighted by Crippen LogP contribution is 2.47. The fourth-order valence-electron chi connectivity index (χ4n) is 3.41. The van der Waals surface area contributed by atoms with Crippen molar-refractivity contribution in [2.24, 2.45) is 5.41 Å². The topological polar surface area (TPSA) is 67.4 Å². The van der Waals surface area contributed by atoms with Gasteiger partial charge in [-0.25, -0.2) is 0 Å². The molecule has 3 rings (SSSR count). The van der Waals surface area contributed by atoms with E-state index in [2.05, 4.69) is 24.5 Å². The van der Waals surface area contributed by atoms with Crippen LogP contribution >= 0.6 is 0 Å². The van der Waals surface area contributed by atoms with Crippen molar-refractivity contribution in [1.29, 1.82) is 0 Å². The minimum Gasteiger partial charge on any atom is -0.497 e. The maximum Gasteiger partial charge on any atom is 0.240 e. The summed E-state index contributed by atoms with van der Waals surface area (Å²) in [5.74, 6) is 0.373. The Morgan fingerprint density at radius 1 is 0.964 bits per heavy atom. The van der Waals surface area contributed by atoms with Crippen molar-refractivity contribution in [2.45, 2.75) is 46.1 Å². The van der Waals surface area contributed by atoms with Crippen LogP contribution in [0.15, 0.2) is 42.5 Å². The zero-order chi connectivity index (χ0) is 20.1. The Hall–Kier alpha value is -2.82. The number of nitrogens with one attached hydrogen (secondary N) is 2. The van der Waals surface area contributed by atoms with Crippen molar-refractivity contribution < 1.29 is 14.3 Å². The van der Waals surface area contributed by atoms with Crippen molar-refractivity contribution in [2.75, 3.05) is 12.4 Å². The van der Waals surface area contributed by atoms with Crippen molar-refractivity contribution in [1.82, 2.24) is 5.32 Å². The minimum absolute atomic E-state index is 0.199. The zero-order valence-electron chi connectivity index (χ0n) is 16.8. The van der Waals surface area contributed by atoms with Crippen LogP contribution in [-0.2, 0) is 29.0 Å². The number of benzene rings is 2. The summed E-state index contributed by atoms with van der Waals surface area (Å²) in [5.41, 5.74) is 3.09. The molecule has 28 heavy (non-hydrogen) atoms. The second kappa shape index (κ2) is 8.46. The predicted molar refractivity (Wildman–Crippen MR) is 110 cm³/mol. The number of anilines is 1. The summed E-state index contributed by atoms with van der Waals surface area (Å²) in [5, 5.41) is 5.98. The molecule has 0 aliphatic heterocycles. The van der Waals surface area contributed by atoms with Gasteiger partial charge in [0.15, 0.2) is 0 Å². The first-order chi connectivity index (χ1) is 13.5. The van der Waals surface area contributed by atoms with Gasteiger partial charge in [-0.3, -0.25) is 9.59 Å². The molecule has 148 valence electrons. The van der Waals surface area contributed by atoms with E-state index in [1.165, 1.54) is 0 Å². The number of carbonyl (C=O) groups excluding carboxylic acids is 2. The van der Waals surface area contributed by atoms with E-state index < -0.39 is 5.41 Å². The van der Waals surface area contributed by atoms with E-state index in [0.29, 0.717) is 19.4 Å². The molecule has 2 amide bonds. The van der Waals surface area contributed by atoms with E-state index >= 15 is 0 Å². The first-order valence-electron chi connectivity index (χ1n) is 9.87. The van der Waals surface area contributed by atoms with Crippen LogP contribution in [0, 0.1) is 5.41 Å². The highest BCUT2D eigenvalue weighted by atomic mass is 16.5. The van der Waals surface area contributed by atoms with E-state index in [-0.39, 0.29) is 11.8 Å². The first-order valence-corrected chi connectivity index (χ1v) is 9.87. The molecule has 1 saturated carbocycles. The Labute approximate surface area is 166 Å². The Kier molecular flexibility index (Phi) is 6.02. The third kappa shape index (κ3) is 4.03. The molecular weight excluding hydrogens is 352 g/mol. The Bertz CT molecular complexity index is 832. The third-order valence-electron chi connectivity index (χ3n) is 5.47. The SMILES string of the molecule is CCc1cccc(CC)c1NC(=O)C1(C(=O)NCc2ccc(OC)cc2)CC1. The summed E-state index contributed by atoms with van der Waals surface area (Å²) in [4.78, 5) is 25.7. The van der Waals surface area contributed by atoms with Gasteiger partial charge in [0.2, 0.25) is 11.8 Å². The van der Waals surface area contributed by atoms with E-state index in [1.807, 2.05) is 42.5 Å². The number of hydrogen-bond donors (Lipinski definition) is 2. The van der Waals surface area contributed by atoms with Crippen molar-refractivity contribution in [3.63, 3.8) is 0 Å². The van der Waals surface area contributed by atoms with Gasteiger partial charge in [0.1, 0.15) is 11.2 Å². The molecule has 0 radical (unpaired) electrons. The normalized spacial score (nSPS) is 14.2. The lowest BCUT2D eigenvalue weighted by molar-refractivity contribution is -0.134. The van der Waals surface area contributed by atoms with Crippen LogP contribution in [0.2, 0.25) is 0 Å². The van der Waals surface area contributed by atoms with Crippen LogP contribution in [-0.4, -0.2) is 18.9 Å². The Morgan fingerprint density at radius 2 is 1.57 bits per heavy atom. The zero-order valence-corrected chi connectivity index (χ0v) is 16.8. The highest BCUT2D eigenvalue weighted by molar-refractivity contribution is 6.13. The summed E-state index contributed by atoms with van der Waals surface area (Å²) in [6, 6.07) is 13.6. The molecule has 0 spiro atoms. The van der Waals surface area contributed by atoms with Gasteiger partial charge in [-0.2, -0.15) is 0 Å². The molecule has 0 saturated heterocycles. The maximum absolute atomic E-state index is 13.0. The summed E-state index contributed by atoms with van der Waals surface area (Å²) >= 11 is 0. The standard InChI is InChI=1S/C23H28N2O3/c1-4-17-7-6-8-18(5-2)20(17)25-22(27)23(13-14-23)21(26)24-15-16-9-11-19(28-3)12-10-16/h6-12H,4-5,13-15H2,1-3H3,(H,24,26)(H,25,27). The maximum atomic E-state index is 13.0. The van der Waals surface area contributed by atoms with Gasteiger partial charge in [-0.1, -0.05) is 44.2 Å². The molecule has 2 aromatic rings. The Morgan fingerprint density at radius 3 is 2.07 bits per heavy atom. The van der Waals surface area contributed by atoms with Gasteiger partial charge in [-0.15, -0.1) is 0 Å². The quantitative estimate of drug-likeness (QED) is 0.684. The van der Waals surface area contributed by atoms with Crippen LogP contribution in [0.25, 0.3) is 0 Å². The van der Waals surface area contributed by atoms with Gasteiger partial charge in [0.05, 0.1) is 7.11 Å². The number of aryl methyl sites for hydroxylation is 2. The molecule has 1 fully saturated rings. The van der Waals surface area contributed by atoms with E-state index in [0.717, 1.165) is 41.0 Å². The van der Waals surface area contributed by atoms with Gasteiger partial charge in [0.25, 0.3) is 0 Å². The fourth-order valence-corrected chi connectivity index (χ4v) is 3.41. The average molecular weight is 380 g/mol. The average Bonchev–Trinajstić information content (AvgIpc) is 3.54. The van der Waals surface area contributed by atoms with Gasteiger partial charge < -0.3 is 15.4 Å². The van der Waals surface area contributed by atoms with Gasteiger partial charge in [-0.05, 0) is 54.5 Å². The van der Waals surface area contributed by atoms with E-state index in [4.69, 9.17) is 4.74 Å². The summed E-state index contributed by atoms with van der Waals surface area (Å²) in [6.07, 6.45) is 2.84. The van der Waals surface area contributed by atoms with Crippen LogP contribution < -0.4 is 15.4 Å². The number of para-hydroxylation sites is 1. The predicted octanol–water partition coefficient (Wildman–Crippen LogP) is 3.86. The number of hydrogen-bond acceptors (Lipinski definition) is 3. The highest BCUT2D eigenvalue weighted by Gasteiger charge is 2.56. The van der Waals surface area contributed by atoms with Crippen LogP contribution in [0.1, 0.15) is 43.4 Å². The number of ether oxygens (including phenoxy) is 1. The Balaban J connectivity index is 1.67. The smallest absolute Gasteiger partial charge is 0.240 e. The van der Waals surface area contributed by atoms with Crippen molar-refractivity contribution in [3.8, 4) is 5.75 Å². The van der Waals surface area contributed by atoms with E-state index in [1.54, 1.807) is 7.11 Å². The summed E-state index contributed by atoms with van der Waals surface area (Å²) < 4.78 is 5.14. The van der Waals surface area contributed by atoms with Crippen molar-refractivity contribution >= 4 is 17.5 Å². The number of amides is 2. The van der Waals surface area contributed by atoms with Crippen LogP contribution in [0.5, 0.6) is 5.75 Å². The molecule has 1 aliphatic rings. The van der Waals surface area contributed by atoms with Gasteiger partial charge >= 0.3 is 0 Å². The lowest BCUT2D eigenvalue weighted by atomic mass is 10.0. The van der Waals surface area contributed by atoms with Crippen LogP contribution in [0.3, 0.4) is 0 Å². The molecule has 5 heteroatoms. The summed E-state index contributed by atoms with van der Waals surface area (Å²) in [7, 11) is 1.62. The lowest BCUT2D eigenvalue weighted by Crippen LogP contribution is -2.40. The fraction of sp³-hybridized carbons (Fsp3) is 0.391. The molecule has 0 aromatic heterocycles. The minimum atomic E-state index is -0.946. The molecule has 5 nitrogen and oxygen atoms in total. The second-order valence-corrected chi connectivity index (χ2v) is 7.23. The molecule has 0 atom stereocenters.